The lowest BCUT2D eigenvalue weighted by Gasteiger charge is -2.25. The fourth-order valence-electron chi connectivity index (χ4n) is 3.87. The Hall–Kier alpha value is -3.84. The summed E-state index contributed by atoms with van der Waals surface area (Å²) in [5.74, 6) is -2.34. The molecule has 1 aliphatic heterocycles. The lowest BCUT2D eigenvalue weighted by Crippen LogP contribution is -2.29. The number of hydrogen-bond acceptors (Lipinski definition) is 5. The van der Waals surface area contributed by atoms with E-state index < -0.39 is 29.3 Å². The SMILES string of the molecule is COc1cc(OC)c(/C(O)=C2\C(=O)C(=O)N(c3cccc(F)c3)C2c2ccccc2)cc1Cl. The molecule has 0 radical (unpaired) electrons. The first-order valence-electron chi connectivity index (χ1n) is 9.90. The van der Waals surface area contributed by atoms with Gasteiger partial charge >= 0.3 is 0 Å². The number of amides is 1. The standard InChI is InChI=1S/C25H19ClFNO5/c1-32-19-13-20(33-2)18(26)12-17(19)23(29)21-22(14-7-4-3-5-8-14)28(25(31)24(21)30)16-10-6-9-15(27)11-16/h3-13,22,29H,1-2H3/b23-21+. The van der Waals surface area contributed by atoms with E-state index in [2.05, 4.69) is 0 Å². The van der Waals surface area contributed by atoms with Crippen molar-refractivity contribution in [1.82, 2.24) is 0 Å². The average molecular weight is 468 g/mol. The molecular formula is C25H19ClFNO5. The number of ether oxygens (including phenoxy) is 2. The summed E-state index contributed by atoms with van der Waals surface area (Å²) >= 11 is 6.25. The van der Waals surface area contributed by atoms with E-state index in [1.807, 2.05) is 0 Å². The number of carbonyl (C=O) groups excluding carboxylic acids is 2. The van der Waals surface area contributed by atoms with Crippen molar-refractivity contribution in [1.29, 1.82) is 0 Å². The molecule has 1 heterocycles. The summed E-state index contributed by atoms with van der Waals surface area (Å²) in [7, 11) is 2.82. The van der Waals surface area contributed by atoms with Gasteiger partial charge in [-0.15, -0.1) is 0 Å². The van der Waals surface area contributed by atoms with Crippen LogP contribution < -0.4 is 14.4 Å². The van der Waals surface area contributed by atoms with Crippen LogP contribution in [0.3, 0.4) is 0 Å². The Morgan fingerprint density at radius 2 is 1.67 bits per heavy atom. The van der Waals surface area contributed by atoms with Gasteiger partial charge < -0.3 is 14.6 Å². The van der Waals surface area contributed by atoms with E-state index in [1.54, 1.807) is 30.3 Å². The normalized spacial score (nSPS) is 17.3. The molecule has 0 bridgehead atoms. The molecule has 0 spiro atoms. The second-order valence-corrected chi connectivity index (χ2v) is 7.65. The summed E-state index contributed by atoms with van der Waals surface area (Å²) in [6.45, 7) is 0. The summed E-state index contributed by atoms with van der Waals surface area (Å²) in [5.41, 5.74) is 0.683. The maximum atomic E-state index is 14.0. The Labute approximate surface area is 194 Å². The Morgan fingerprint density at radius 3 is 2.30 bits per heavy atom. The maximum absolute atomic E-state index is 14.0. The van der Waals surface area contributed by atoms with Crippen LogP contribution in [0.2, 0.25) is 5.02 Å². The zero-order valence-electron chi connectivity index (χ0n) is 17.7. The van der Waals surface area contributed by atoms with E-state index in [0.29, 0.717) is 11.3 Å². The molecule has 1 atom stereocenters. The molecule has 1 fully saturated rings. The van der Waals surface area contributed by atoms with E-state index >= 15 is 0 Å². The van der Waals surface area contributed by atoms with Gasteiger partial charge in [0, 0.05) is 11.8 Å². The first-order chi connectivity index (χ1) is 15.9. The van der Waals surface area contributed by atoms with E-state index in [0.717, 1.165) is 6.07 Å². The molecule has 33 heavy (non-hydrogen) atoms. The monoisotopic (exact) mass is 467 g/mol. The van der Waals surface area contributed by atoms with Crippen molar-refractivity contribution in [2.75, 3.05) is 19.1 Å². The molecule has 1 amide bonds. The van der Waals surface area contributed by atoms with Gasteiger partial charge in [0.1, 0.15) is 23.1 Å². The second kappa shape index (κ2) is 8.96. The zero-order valence-corrected chi connectivity index (χ0v) is 18.5. The predicted octanol–water partition coefficient (Wildman–Crippen LogP) is 5.12. The van der Waals surface area contributed by atoms with E-state index in [9.17, 15) is 19.1 Å². The van der Waals surface area contributed by atoms with Gasteiger partial charge in [-0.2, -0.15) is 0 Å². The molecule has 3 aromatic carbocycles. The van der Waals surface area contributed by atoms with Crippen LogP contribution in [0.15, 0.2) is 72.3 Å². The zero-order chi connectivity index (χ0) is 23.7. The predicted molar refractivity (Wildman–Crippen MR) is 122 cm³/mol. The fraction of sp³-hybridized carbons (Fsp3) is 0.120. The first kappa shape index (κ1) is 22.4. The number of hydrogen-bond donors (Lipinski definition) is 1. The number of nitrogens with zero attached hydrogens (tertiary/aromatic N) is 1. The molecular weight excluding hydrogens is 449 g/mol. The molecule has 1 unspecified atom stereocenters. The molecule has 1 aliphatic rings. The minimum atomic E-state index is -1.00. The third kappa shape index (κ3) is 3.91. The van der Waals surface area contributed by atoms with Gasteiger partial charge in [0.05, 0.1) is 36.4 Å². The number of halogens is 2. The van der Waals surface area contributed by atoms with Crippen molar-refractivity contribution < 1.29 is 28.6 Å². The molecule has 3 aromatic rings. The van der Waals surface area contributed by atoms with Gasteiger partial charge in [0.15, 0.2) is 0 Å². The molecule has 0 saturated carbocycles. The topological polar surface area (TPSA) is 76.1 Å². The number of rotatable bonds is 5. The average Bonchev–Trinajstić information content (AvgIpc) is 3.09. The lowest BCUT2D eigenvalue weighted by atomic mass is 9.94. The number of aliphatic hydroxyl groups is 1. The van der Waals surface area contributed by atoms with Crippen LogP contribution in [-0.2, 0) is 9.59 Å². The summed E-state index contributed by atoms with van der Waals surface area (Å²) in [5, 5.41) is 11.5. The molecule has 1 N–H and O–H groups in total. The Kier molecular flexibility index (Phi) is 6.07. The number of carbonyl (C=O) groups is 2. The Balaban J connectivity index is 1.98. The van der Waals surface area contributed by atoms with Crippen LogP contribution in [-0.4, -0.2) is 31.0 Å². The first-order valence-corrected chi connectivity index (χ1v) is 10.3. The van der Waals surface area contributed by atoms with Crippen molar-refractivity contribution >= 4 is 34.7 Å². The number of ketones is 1. The lowest BCUT2D eigenvalue weighted by molar-refractivity contribution is -0.132. The molecule has 8 heteroatoms. The summed E-state index contributed by atoms with van der Waals surface area (Å²) < 4.78 is 24.5. The number of anilines is 1. The smallest absolute Gasteiger partial charge is 0.300 e. The van der Waals surface area contributed by atoms with E-state index in [4.69, 9.17) is 21.1 Å². The molecule has 4 rings (SSSR count). The van der Waals surface area contributed by atoms with E-state index in [1.165, 1.54) is 49.5 Å². The van der Waals surface area contributed by atoms with Crippen LogP contribution in [0.1, 0.15) is 17.2 Å². The highest BCUT2D eigenvalue weighted by atomic mass is 35.5. The highest BCUT2D eigenvalue weighted by Gasteiger charge is 2.47. The van der Waals surface area contributed by atoms with Gasteiger partial charge in [0.2, 0.25) is 0 Å². The highest BCUT2D eigenvalue weighted by molar-refractivity contribution is 6.51. The summed E-state index contributed by atoms with van der Waals surface area (Å²) in [4.78, 5) is 27.4. The van der Waals surface area contributed by atoms with Gasteiger partial charge in [0.25, 0.3) is 11.7 Å². The van der Waals surface area contributed by atoms with Crippen LogP contribution in [0.5, 0.6) is 11.5 Å². The number of methoxy groups -OCH3 is 2. The second-order valence-electron chi connectivity index (χ2n) is 7.25. The third-order valence-electron chi connectivity index (χ3n) is 5.38. The van der Waals surface area contributed by atoms with Crippen molar-refractivity contribution in [3.8, 4) is 11.5 Å². The maximum Gasteiger partial charge on any atom is 0.300 e. The largest absolute Gasteiger partial charge is 0.507 e. The number of aliphatic hydroxyl groups excluding tert-OH is 1. The minimum Gasteiger partial charge on any atom is -0.507 e. The highest BCUT2D eigenvalue weighted by Crippen LogP contribution is 2.44. The summed E-state index contributed by atoms with van der Waals surface area (Å²) in [6.07, 6.45) is 0. The van der Waals surface area contributed by atoms with Crippen molar-refractivity contribution in [3.63, 3.8) is 0 Å². The van der Waals surface area contributed by atoms with Crippen molar-refractivity contribution in [2.45, 2.75) is 6.04 Å². The van der Waals surface area contributed by atoms with E-state index in [-0.39, 0.29) is 27.6 Å². The molecule has 0 aromatic heterocycles. The molecule has 168 valence electrons. The molecule has 1 saturated heterocycles. The van der Waals surface area contributed by atoms with Crippen LogP contribution >= 0.6 is 11.6 Å². The van der Waals surface area contributed by atoms with Crippen LogP contribution in [0, 0.1) is 5.82 Å². The van der Waals surface area contributed by atoms with Gasteiger partial charge in [-0.05, 0) is 29.8 Å². The fourth-order valence-corrected chi connectivity index (χ4v) is 4.11. The third-order valence-corrected chi connectivity index (χ3v) is 5.67. The molecule has 0 aliphatic carbocycles. The Morgan fingerprint density at radius 1 is 0.970 bits per heavy atom. The Bertz CT molecular complexity index is 1280. The van der Waals surface area contributed by atoms with Crippen molar-refractivity contribution in [2.24, 2.45) is 0 Å². The molecule has 6 nitrogen and oxygen atoms in total. The van der Waals surface area contributed by atoms with Crippen LogP contribution in [0.4, 0.5) is 10.1 Å². The van der Waals surface area contributed by atoms with Gasteiger partial charge in [-0.25, -0.2) is 4.39 Å². The minimum absolute atomic E-state index is 0.112. The van der Waals surface area contributed by atoms with Gasteiger partial charge in [-0.3, -0.25) is 14.5 Å². The van der Waals surface area contributed by atoms with Crippen molar-refractivity contribution in [3.05, 3.63) is 94.3 Å². The quantitative estimate of drug-likeness (QED) is 0.320. The van der Waals surface area contributed by atoms with Crippen LogP contribution in [0.25, 0.3) is 5.76 Å². The summed E-state index contributed by atoms with van der Waals surface area (Å²) in [6, 6.07) is 15.9. The number of Topliss-reactive ketones (excluding diaryl/α,β-unsaturated/α-hetero) is 1. The van der Waals surface area contributed by atoms with Gasteiger partial charge in [-0.1, -0.05) is 48.0 Å². The number of benzene rings is 3.